The van der Waals surface area contributed by atoms with Crippen molar-refractivity contribution in [2.75, 3.05) is 0 Å². The van der Waals surface area contributed by atoms with Crippen LogP contribution >= 0.6 is 0 Å². The van der Waals surface area contributed by atoms with E-state index in [1.165, 1.54) is 0 Å². The molecule has 0 saturated heterocycles. The standard InChI is InChI=1S/C27H20F2N4O2/c1-14(30)16-10-23(28)22(24(29)11-16)13-31-27(34)15-3-5-18-20(9-15)26-21-12-17(33-8-2-7-32-33)4-6-19(21)25(18)35-26/h2-12,25-26H,1,13,30H2,(H,31,34)/t25-,26+/m1/s1. The summed E-state index contributed by atoms with van der Waals surface area (Å²) in [6, 6.07) is 15.5. The van der Waals surface area contributed by atoms with Crippen molar-refractivity contribution < 1.29 is 18.3 Å². The van der Waals surface area contributed by atoms with Gasteiger partial charge < -0.3 is 15.8 Å². The number of hydrogen-bond acceptors (Lipinski definition) is 4. The first-order valence-corrected chi connectivity index (χ1v) is 11.0. The predicted molar refractivity (Wildman–Crippen MR) is 126 cm³/mol. The number of carbonyl (C=O) groups excluding carboxylic acids is 1. The molecular formula is C27H20F2N4O2. The number of hydrogen-bond donors (Lipinski definition) is 2. The normalized spacial score (nSPS) is 17.2. The molecule has 0 spiro atoms. The number of benzene rings is 3. The summed E-state index contributed by atoms with van der Waals surface area (Å²) < 4.78 is 36.8. The highest BCUT2D eigenvalue weighted by molar-refractivity contribution is 5.94. The molecule has 1 aromatic heterocycles. The van der Waals surface area contributed by atoms with E-state index in [9.17, 15) is 13.6 Å². The second kappa shape index (κ2) is 7.89. The predicted octanol–water partition coefficient (Wildman–Crippen LogP) is 4.53. The van der Waals surface area contributed by atoms with Gasteiger partial charge in [-0.15, -0.1) is 0 Å². The number of fused-ring (bicyclic) bond motifs is 8. The van der Waals surface area contributed by atoms with Crippen molar-refractivity contribution in [3.8, 4) is 5.69 Å². The minimum atomic E-state index is -0.795. The van der Waals surface area contributed by atoms with Crippen molar-refractivity contribution in [1.82, 2.24) is 15.1 Å². The summed E-state index contributed by atoms with van der Waals surface area (Å²) in [7, 11) is 0. The van der Waals surface area contributed by atoms with Gasteiger partial charge in [-0.1, -0.05) is 18.7 Å². The highest BCUT2D eigenvalue weighted by atomic mass is 19.1. The molecule has 2 aliphatic heterocycles. The molecule has 4 aromatic rings. The van der Waals surface area contributed by atoms with E-state index in [0.29, 0.717) is 5.56 Å². The Morgan fingerprint density at radius 3 is 2.37 bits per heavy atom. The van der Waals surface area contributed by atoms with E-state index >= 15 is 0 Å². The maximum Gasteiger partial charge on any atom is 0.251 e. The topological polar surface area (TPSA) is 82.2 Å². The minimum Gasteiger partial charge on any atom is -0.399 e. The number of ether oxygens (including phenoxy) is 1. The number of halogens is 2. The average molecular weight is 470 g/mol. The van der Waals surface area contributed by atoms with Gasteiger partial charge in [0.25, 0.3) is 5.91 Å². The van der Waals surface area contributed by atoms with Gasteiger partial charge >= 0.3 is 0 Å². The van der Waals surface area contributed by atoms with Crippen LogP contribution in [-0.2, 0) is 11.3 Å². The van der Waals surface area contributed by atoms with Crippen LogP contribution in [0.5, 0.6) is 0 Å². The second-order valence-electron chi connectivity index (χ2n) is 8.63. The zero-order valence-electron chi connectivity index (χ0n) is 18.5. The summed E-state index contributed by atoms with van der Waals surface area (Å²) in [5, 5.41) is 6.89. The summed E-state index contributed by atoms with van der Waals surface area (Å²) in [6.07, 6.45) is 3.11. The van der Waals surface area contributed by atoms with Crippen LogP contribution in [-0.4, -0.2) is 15.7 Å². The van der Waals surface area contributed by atoms with E-state index in [1.807, 2.05) is 30.5 Å². The van der Waals surface area contributed by atoms with Crippen LogP contribution in [0.1, 0.15) is 55.9 Å². The van der Waals surface area contributed by atoms with Crippen molar-refractivity contribution in [2.24, 2.45) is 5.73 Å². The largest absolute Gasteiger partial charge is 0.399 e. The Labute approximate surface area is 199 Å². The van der Waals surface area contributed by atoms with Gasteiger partial charge in [0, 0.05) is 41.3 Å². The Balaban J connectivity index is 1.24. The fourth-order valence-electron chi connectivity index (χ4n) is 4.77. The van der Waals surface area contributed by atoms with Gasteiger partial charge in [0.1, 0.15) is 23.8 Å². The molecule has 2 atom stereocenters. The van der Waals surface area contributed by atoms with Gasteiger partial charge in [0.2, 0.25) is 0 Å². The summed E-state index contributed by atoms with van der Waals surface area (Å²) in [5.74, 6) is -2.03. The smallest absolute Gasteiger partial charge is 0.251 e. The Kier molecular flexibility index (Phi) is 4.79. The van der Waals surface area contributed by atoms with Crippen molar-refractivity contribution in [1.29, 1.82) is 0 Å². The molecular weight excluding hydrogens is 450 g/mol. The second-order valence-corrected chi connectivity index (χ2v) is 8.63. The van der Waals surface area contributed by atoms with Crippen LogP contribution in [0.4, 0.5) is 8.78 Å². The quantitative estimate of drug-likeness (QED) is 0.449. The molecule has 6 nitrogen and oxygen atoms in total. The van der Waals surface area contributed by atoms with Gasteiger partial charge in [-0.2, -0.15) is 5.10 Å². The van der Waals surface area contributed by atoms with Crippen LogP contribution < -0.4 is 11.1 Å². The fourth-order valence-corrected chi connectivity index (χ4v) is 4.77. The molecule has 6 rings (SSSR count). The number of nitrogens with two attached hydrogens (primary N) is 1. The SMILES string of the molecule is C=C(N)c1cc(F)c(CNC(=O)c2ccc3c(c2)[C@@H]2O[C@H]3c3ccc(-n4cccn4)cc32)c(F)c1. The first-order chi connectivity index (χ1) is 16.9. The molecule has 3 heterocycles. The molecule has 0 unspecified atom stereocenters. The molecule has 0 saturated carbocycles. The molecule has 174 valence electrons. The molecule has 2 aliphatic rings. The van der Waals surface area contributed by atoms with Crippen LogP contribution in [0.3, 0.4) is 0 Å². The van der Waals surface area contributed by atoms with E-state index < -0.39 is 17.5 Å². The number of nitrogens with one attached hydrogen (secondary N) is 1. The molecule has 8 heteroatoms. The average Bonchev–Trinajstić information content (AvgIpc) is 3.59. The Morgan fingerprint density at radius 2 is 1.69 bits per heavy atom. The van der Waals surface area contributed by atoms with Crippen LogP contribution in [0, 0.1) is 11.6 Å². The van der Waals surface area contributed by atoms with Crippen molar-refractivity contribution >= 4 is 11.6 Å². The fraction of sp³-hybridized carbons (Fsp3) is 0.111. The van der Waals surface area contributed by atoms with Crippen molar-refractivity contribution in [2.45, 2.75) is 18.8 Å². The molecule has 0 aliphatic carbocycles. The number of carbonyl (C=O) groups is 1. The molecule has 3 N–H and O–H groups in total. The zero-order valence-corrected chi connectivity index (χ0v) is 18.5. The molecule has 0 radical (unpaired) electrons. The van der Waals surface area contributed by atoms with Gasteiger partial charge in [0.05, 0.1) is 5.69 Å². The summed E-state index contributed by atoms with van der Waals surface area (Å²) >= 11 is 0. The summed E-state index contributed by atoms with van der Waals surface area (Å²) in [5.41, 5.74) is 10.9. The first kappa shape index (κ1) is 21.2. The van der Waals surface area contributed by atoms with Crippen molar-refractivity contribution in [3.05, 3.63) is 124 Å². The molecule has 2 bridgehead atoms. The minimum absolute atomic E-state index is 0.0614. The molecule has 0 fully saturated rings. The third-order valence-corrected chi connectivity index (χ3v) is 6.53. The van der Waals surface area contributed by atoms with Gasteiger partial charge in [-0.05, 0) is 64.7 Å². The van der Waals surface area contributed by atoms with E-state index in [-0.39, 0.29) is 35.6 Å². The van der Waals surface area contributed by atoms with E-state index in [4.69, 9.17) is 10.5 Å². The van der Waals surface area contributed by atoms with Crippen LogP contribution in [0.2, 0.25) is 0 Å². The lowest BCUT2D eigenvalue weighted by atomic mass is 9.85. The van der Waals surface area contributed by atoms with Gasteiger partial charge in [-0.25, -0.2) is 13.5 Å². The molecule has 35 heavy (non-hydrogen) atoms. The Bertz CT molecular complexity index is 1490. The number of nitrogens with zero attached hydrogens (tertiary/aromatic N) is 2. The third-order valence-electron chi connectivity index (χ3n) is 6.53. The lowest BCUT2D eigenvalue weighted by Crippen LogP contribution is -2.24. The zero-order chi connectivity index (χ0) is 24.3. The number of aromatic nitrogens is 2. The summed E-state index contributed by atoms with van der Waals surface area (Å²) in [4.78, 5) is 12.8. The van der Waals surface area contributed by atoms with Gasteiger partial charge in [-0.3, -0.25) is 4.79 Å². The number of amides is 1. The third kappa shape index (κ3) is 3.41. The molecule has 3 aromatic carbocycles. The van der Waals surface area contributed by atoms with E-state index in [1.54, 1.807) is 23.0 Å². The van der Waals surface area contributed by atoms with E-state index in [2.05, 4.69) is 23.1 Å². The molecule has 1 amide bonds. The Hall–Kier alpha value is -4.30. The van der Waals surface area contributed by atoms with Crippen molar-refractivity contribution in [3.63, 3.8) is 0 Å². The maximum atomic E-state index is 14.4. The highest BCUT2D eigenvalue weighted by Gasteiger charge is 2.43. The lowest BCUT2D eigenvalue weighted by Gasteiger charge is -2.18. The van der Waals surface area contributed by atoms with E-state index in [0.717, 1.165) is 40.1 Å². The highest BCUT2D eigenvalue weighted by Crippen LogP contribution is 2.54. The van der Waals surface area contributed by atoms with Crippen LogP contribution in [0.25, 0.3) is 11.4 Å². The summed E-state index contributed by atoms with van der Waals surface area (Å²) in [6.45, 7) is 3.19. The van der Waals surface area contributed by atoms with Crippen LogP contribution in [0.15, 0.2) is 73.6 Å². The first-order valence-electron chi connectivity index (χ1n) is 11.0. The number of rotatable bonds is 5. The maximum absolute atomic E-state index is 14.4. The monoisotopic (exact) mass is 470 g/mol. The lowest BCUT2D eigenvalue weighted by molar-refractivity contribution is 0.0857. The Morgan fingerprint density at radius 1 is 1.00 bits per heavy atom. The van der Waals surface area contributed by atoms with Gasteiger partial charge in [0.15, 0.2) is 0 Å².